The van der Waals surface area contributed by atoms with Gasteiger partial charge in [0, 0.05) is 13.0 Å². The van der Waals surface area contributed by atoms with Gasteiger partial charge < -0.3 is 0 Å². The summed E-state index contributed by atoms with van der Waals surface area (Å²) in [7, 11) is 0. The number of hydrogen-bond acceptors (Lipinski definition) is 3. The van der Waals surface area contributed by atoms with Crippen LogP contribution in [0, 0.1) is 11.3 Å². The summed E-state index contributed by atoms with van der Waals surface area (Å²) in [5, 5.41) is 11.7. The number of fused-ring (bicyclic) bond motifs is 1. The maximum Gasteiger partial charge on any atom is 0.151 e. The van der Waals surface area contributed by atoms with Crippen LogP contribution in [-0.4, -0.2) is 20.2 Å². The summed E-state index contributed by atoms with van der Waals surface area (Å²) in [6, 6.07) is 0. The van der Waals surface area contributed by atoms with Crippen LogP contribution >= 0.6 is 0 Å². The van der Waals surface area contributed by atoms with Crippen molar-refractivity contribution in [1.82, 2.24) is 20.2 Å². The number of aromatic nitrogens is 4. The first kappa shape index (κ1) is 9.62. The fourth-order valence-electron chi connectivity index (χ4n) is 2.17. The highest BCUT2D eigenvalue weighted by molar-refractivity contribution is 4.88. The van der Waals surface area contributed by atoms with Gasteiger partial charge in [-0.25, -0.2) is 4.68 Å². The molecule has 0 fully saturated rings. The van der Waals surface area contributed by atoms with Gasteiger partial charge in [-0.05, 0) is 34.6 Å². The van der Waals surface area contributed by atoms with E-state index in [1.54, 1.807) is 0 Å². The second-order valence-corrected chi connectivity index (χ2v) is 5.21. The molecule has 0 saturated heterocycles. The van der Waals surface area contributed by atoms with E-state index in [0.29, 0.717) is 5.41 Å². The van der Waals surface area contributed by atoms with Crippen LogP contribution in [0.5, 0.6) is 0 Å². The van der Waals surface area contributed by atoms with E-state index in [1.165, 1.54) is 12.8 Å². The lowest BCUT2D eigenvalue weighted by Crippen LogP contribution is -2.21. The quantitative estimate of drug-likeness (QED) is 0.631. The van der Waals surface area contributed by atoms with Crippen LogP contribution in [0.1, 0.15) is 39.4 Å². The summed E-state index contributed by atoms with van der Waals surface area (Å²) >= 11 is 0. The van der Waals surface area contributed by atoms with Gasteiger partial charge in [-0.3, -0.25) is 0 Å². The molecule has 0 saturated carbocycles. The molecule has 4 heteroatoms. The lowest BCUT2D eigenvalue weighted by molar-refractivity contribution is 0.210. The summed E-state index contributed by atoms with van der Waals surface area (Å²) in [6.45, 7) is 7.93. The Hall–Kier alpha value is -0.930. The van der Waals surface area contributed by atoms with Crippen molar-refractivity contribution < 1.29 is 0 Å². The summed E-state index contributed by atoms with van der Waals surface area (Å²) in [4.78, 5) is 0. The van der Waals surface area contributed by atoms with Gasteiger partial charge in [-0.15, -0.1) is 5.10 Å². The van der Waals surface area contributed by atoms with Crippen molar-refractivity contribution in [2.75, 3.05) is 0 Å². The third-order valence-electron chi connectivity index (χ3n) is 3.24. The van der Waals surface area contributed by atoms with E-state index in [2.05, 4.69) is 36.3 Å². The predicted octanol–water partition coefficient (Wildman–Crippen LogP) is 1.67. The molecule has 0 amide bonds. The number of hydrogen-bond donors (Lipinski definition) is 0. The number of tetrazole rings is 1. The third-order valence-corrected chi connectivity index (χ3v) is 3.24. The molecule has 4 nitrogen and oxygen atoms in total. The van der Waals surface area contributed by atoms with Crippen molar-refractivity contribution >= 4 is 0 Å². The van der Waals surface area contributed by atoms with Gasteiger partial charge in [0.1, 0.15) is 0 Å². The minimum atomic E-state index is 0.400. The Morgan fingerprint density at radius 1 is 1.29 bits per heavy atom. The van der Waals surface area contributed by atoms with E-state index in [9.17, 15) is 0 Å². The Morgan fingerprint density at radius 2 is 2.07 bits per heavy atom. The van der Waals surface area contributed by atoms with E-state index in [4.69, 9.17) is 0 Å². The molecular formula is C10H18N4. The molecule has 0 aliphatic carbocycles. The van der Waals surface area contributed by atoms with Gasteiger partial charge in [-0.2, -0.15) is 0 Å². The van der Waals surface area contributed by atoms with Gasteiger partial charge in [0.25, 0.3) is 0 Å². The Balaban J connectivity index is 2.10. The zero-order valence-electron chi connectivity index (χ0n) is 9.19. The minimum Gasteiger partial charge on any atom is -0.230 e. The van der Waals surface area contributed by atoms with E-state index in [-0.39, 0.29) is 0 Å². The second-order valence-electron chi connectivity index (χ2n) is 5.21. The molecule has 1 aliphatic rings. The highest BCUT2D eigenvalue weighted by Gasteiger charge is 2.27. The SMILES string of the molecule is CC(C)(C)C1CCc2nnnn2CC1. The highest BCUT2D eigenvalue weighted by Crippen LogP contribution is 2.34. The van der Waals surface area contributed by atoms with Crippen molar-refractivity contribution in [2.24, 2.45) is 11.3 Å². The van der Waals surface area contributed by atoms with Crippen LogP contribution in [0.15, 0.2) is 0 Å². The van der Waals surface area contributed by atoms with Crippen LogP contribution < -0.4 is 0 Å². The first-order chi connectivity index (χ1) is 6.57. The average molecular weight is 194 g/mol. The summed E-state index contributed by atoms with van der Waals surface area (Å²) in [5.74, 6) is 1.82. The highest BCUT2D eigenvalue weighted by atomic mass is 15.5. The molecule has 0 spiro atoms. The Morgan fingerprint density at radius 3 is 2.79 bits per heavy atom. The molecule has 1 atom stereocenters. The zero-order chi connectivity index (χ0) is 10.2. The molecule has 2 heterocycles. The third kappa shape index (κ3) is 1.79. The monoisotopic (exact) mass is 194 g/mol. The topological polar surface area (TPSA) is 43.6 Å². The van der Waals surface area contributed by atoms with Crippen LogP contribution in [0.25, 0.3) is 0 Å². The Kier molecular flexibility index (Phi) is 2.29. The molecule has 1 aromatic heterocycles. The van der Waals surface area contributed by atoms with Gasteiger partial charge in [0.05, 0.1) is 0 Å². The summed E-state index contributed by atoms with van der Waals surface area (Å²) in [5.41, 5.74) is 0.400. The summed E-state index contributed by atoms with van der Waals surface area (Å²) < 4.78 is 1.95. The van der Waals surface area contributed by atoms with Crippen molar-refractivity contribution in [3.63, 3.8) is 0 Å². The number of rotatable bonds is 0. The van der Waals surface area contributed by atoms with Crippen LogP contribution in [0.4, 0.5) is 0 Å². The fourth-order valence-corrected chi connectivity index (χ4v) is 2.17. The van der Waals surface area contributed by atoms with Crippen molar-refractivity contribution in [3.8, 4) is 0 Å². The average Bonchev–Trinajstić information content (AvgIpc) is 2.42. The molecule has 2 rings (SSSR count). The van der Waals surface area contributed by atoms with Crippen molar-refractivity contribution in [3.05, 3.63) is 5.82 Å². The lowest BCUT2D eigenvalue weighted by atomic mass is 9.76. The van der Waals surface area contributed by atoms with Crippen LogP contribution in [0.3, 0.4) is 0 Å². The standard InChI is InChI=1S/C10H18N4/c1-10(2,3)8-4-5-9-11-12-13-14(9)7-6-8/h8H,4-7H2,1-3H3. The molecule has 14 heavy (non-hydrogen) atoms. The predicted molar refractivity (Wildman–Crippen MR) is 53.7 cm³/mol. The molecule has 0 aromatic carbocycles. The van der Waals surface area contributed by atoms with E-state index < -0.39 is 0 Å². The molecule has 0 N–H and O–H groups in total. The normalized spacial score (nSPS) is 22.9. The first-order valence-corrected chi connectivity index (χ1v) is 5.32. The van der Waals surface area contributed by atoms with Gasteiger partial charge in [-0.1, -0.05) is 20.8 Å². The molecule has 1 unspecified atom stereocenters. The van der Waals surface area contributed by atoms with Gasteiger partial charge >= 0.3 is 0 Å². The maximum atomic E-state index is 4.04. The van der Waals surface area contributed by atoms with Crippen molar-refractivity contribution in [2.45, 2.75) is 46.6 Å². The molecule has 0 bridgehead atoms. The maximum absolute atomic E-state index is 4.04. The van der Waals surface area contributed by atoms with E-state index in [0.717, 1.165) is 24.7 Å². The molecule has 0 radical (unpaired) electrons. The van der Waals surface area contributed by atoms with E-state index >= 15 is 0 Å². The molecular weight excluding hydrogens is 176 g/mol. The largest absolute Gasteiger partial charge is 0.230 e. The molecule has 1 aromatic rings. The zero-order valence-corrected chi connectivity index (χ0v) is 9.19. The lowest BCUT2D eigenvalue weighted by Gasteiger charge is -2.29. The number of nitrogens with zero attached hydrogens (tertiary/aromatic N) is 4. The van der Waals surface area contributed by atoms with Crippen molar-refractivity contribution in [1.29, 1.82) is 0 Å². The number of aryl methyl sites for hydroxylation is 2. The minimum absolute atomic E-state index is 0.400. The summed E-state index contributed by atoms with van der Waals surface area (Å²) in [6.07, 6.45) is 3.43. The first-order valence-electron chi connectivity index (χ1n) is 5.32. The Bertz CT molecular complexity index is 288. The smallest absolute Gasteiger partial charge is 0.151 e. The van der Waals surface area contributed by atoms with Gasteiger partial charge in [0.15, 0.2) is 5.82 Å². The molecule has 78 valence electrons. The van der Waals surface area contributed by atoms with E-state index in [1.807, 2.05) is 4.68 Å². The Labute approximate surface area is 84.7 Å². The second kappa shape index (κ2) is 3.33. The van der Waals surface area contributed by atoms with Crippen LogP contribution in [-0.2, 0) is 13.0 Å². The molecule has 1 aliphatic heterocycles. The van der Waals surface area contributed by atoms with Gasteiger partial charge in [0.2, 0.25) is 0 Å². The van der Waals surface area contributed by atoms with Crippen LogP contribution in [0.2, 0.25) is 0 Å². The fraction of sp³-hybridized carbons (Fsp3) is 0.900.